The summed E-state index contributed by atoms with van der Waals surface area (Å²) in [6.45, 7) is 2.96. The third-order valence-electron chi connectivity index (χ3n) is 3.62. The van der Waals surface area contributed by atoms with Gasteiger partial charge in [0.15, 0.2) is 0 Å². The normalized spacial score (nSPS) is 20.0. The van der Waals surface area contributed by atoms with Crippen molar-refractivity contribution in [3.05, 3.63) is 24.3 Å². The summed E-state index contributed by atoms with van der Waals surface area (Å²) < 4.78 is 5.71. The summed E-state index contributed by atoms with van der Waals surface area (Å²) in [6.07, 6.45) is 2.44. The van der Waals surface area contributed by atoms with E-state index in [9.17, 15) is 0 Å². The third kappa shape index (κ3) is 2.52. The summed E-state index contributed by atoms with van der Waals surface area (Å²) >= 11 is 0. The van der Waals surface area contributed by atoms with Crippen molar-refractivity contribution in [1.82, 2.24) is 9.97 Å². The monoisotopic (exact) mass is 273 g/mol. The fourth-order valence-corrected chi connectivity index (χ4v) is 2.56. The first kappa shape index (κ1) is 13.1. The van der Waals surface area contributed by atoms with E-state index in [1.54, 1.807) is 0 Å². The van der Waals surface area contributed by atoms with Crippen LogP contribution in [0, 0.1) is 0 Å². The van der Waals surface area contributed by atoms with Gasteiger partial charge < -0.3 is 10.1 Å². The second-order valence-electron chi connectivity index (χ2n) is 5.04. The van der Waals surface area contributed by atoms with Gasteiger partial charge in [-0.05, 0) is 31.9 Å². The number of hydrogen-bond donors (Lipinski definition) is 3. The molecule has 2 unspecified atom stereocenters. The fourth-order valence-electron chi connectivity index (χ4n) is 2.56. The average molecular weight is 273 g/mol. The Morgan fingerprint density at radius 2 is 2.20 bits per heavy atom. The lowest BCUT2D eigenvalue weighted by molar-refractivity contribution is 0.0996. The van der Waals surface area contributed by atoms with Crippen LogP contribution in [0.15, 0.2) is 24.3 Å². The Labute approximate surface area is 117 Å². The van der Waals surface area contributed by atoms with Crippen molar-refractivity contribution in [1.29, 1.82) is 0 Å². The molecule has 2 heterocycles. The van der Waals surface area contributed by atoms with Gasteiger partial charge in [-0.3, -0.25) is 5.43 Å². The lowest BCUT2D eigenvalue weighted by Gasteiger charge is -2.21. The molecular formula is C14H19N5O. The Balaban J connectivity index is 1.92. The largest absolute Gasteiger partial charge is 0.376 e. The predicted octanol–water partition coefficient (Wildman–Crippen LogP) is 1.89. The van der Waals surface area contributed by atoms with Crippen LogP contribution in [0.3, 0.4) is 0 Å². The predicted molar refractivity (Wildman–Crippen MR) is 79.4 cm³/mol. The van der Waals surface area contributed by atoms with Crippen LogP contribution < -0.4 is 16.6 Å². The van der Waals surface area contributed by atoms with Crippen LogP contribution >= 0.6 is 0 Å². The van der Waals surface area contributed by atoms with E-state index >= 15 is 0 Å². The molecule has 1 aromatic carbocycles. The number of aromatic nitrogens is 2. The maximum Gasteiger partial charge on any atom is 0.239 e. The molecule has 1 aromatic heterocycles. The smallest absolute Gasteiger partial charge is 0.239 e. The van der Waals surface area contributed by atoms with E-state index in [0.29, 0.717) is 5.95 Å². The van der Waals surface area contributed by atoms with Gasteiger partial charge in [0, 0.05) is 12.0 Å². The number of para-hydroxylation sites is 1. The maximum absolute atomic E-state index is 5.71. The van der Waals surface area contributed by atoms with E-state index < -0.39 is 0 Å². The number of benzene rings is 1. The number of fused-ring (bicyclic) bond motifs is 1. The Morgan fingerprint density at radius 1 is 1.35 bits per heavy atom. The summed E-state index contributed by atoms with van der Waals surface area (Å²) in [5.74, 6) is 6.63. The standard InChI is InChI=1S/C14H19N5O/c1-9(12-7-4-8-20-12)16-13-10-5-2-3-6-11(10)17-14(18-13)19-15/h2-3,5-6,9,12H,4,7-8,15H2,1H3,(H2,16,17,18,19). The highest BCUT2D eigenvalue weighted by atomic mass is 16.5. The zero-order chi connectivity index (χ0) is 13.9. The van der Waals surface area contributed by atoms with Gasteiger partial charge in [-0.25, -0.2) is 10.8 Å². The minimum Gasteiger partial charge on any atom is -0.376 e. The highest BCUT2D eigenvalue weighted by Crippen LogP contribution is 2.24. The van der Waals surface area contributed by atoms with Gasteiger partial charge >= 0.3 is 0 Å². The molecule has 0 aliphatic carbocycles. The van der Waals surface area contributed by atoms with Gasteiger partial charge in [0.2, 0.25) is 5.95 Å². The Kier molecular flexibility index (Phi) is 3.66. The Morgan fingerprint density at radius 3 is 2.95 bits per heavy atom. The molecule has 0 radical (unpaired) electrons. The molecule has 1 fully saturated rings. The lowest BCUT2D eigenvalue weighted by Crippen LogP contribution is -2.30. The van der Waals surface area contributed by atoms with Crippen molar-refractivity contribution >= 4 is 22.7 Å². The molecule has 20 heavy (non-hydrogen) atoms. The Hall–Kier alpha value is -1.92. The van der Waals surface area contributed by atoms with Crippen LogP contribution in [0.25, 0.3) is 10.9 Å². The van der Waals surface area contributed by atoms with E-state index in [0.717, 1.165) is 36.2 Å². The van der Waals surface area contributed by atoms with Crippen LogP contribution in [0.2, 0.25) is 0 Å². The van der Waals surface area contributed by atoms with Gasteiger partial charge in [0.1, 0.15) is 5.82 Å². The van der Waals surface area contributed by atoms with Gasteiger partial charge in [-0.1, -0.05) is 12.1 Å². The van der Waals surface area contributed by atoms with Gasteiger partial charge in [0.25, 0.3) is 0 Å². The number of anilines is 2. The third-order valence-corrected chi connectivity index (χ3v) is 3.62. The lowest BCUT2D eigenvalue weighted by atomic mass is 10.1. The summed E-state index contributed by atoms with van der Waals surface area (Å²) in [6, 6.07) is 8.06. The minimum absolute atomic E-state index is 0.196. The van der Waals surface area contributed by atoms with Crippen LogP contribution in [0.1, 0.15) is 19.8 Å². The van der Waals surface area contributed by atoms with Crippen molar-refractivity contribution in [2.75, 3.05) is 17.3 Å². The summed E-state index contributed by atoms with van der Waals surface area (Å²) in [4.78, 5) is 8.76. The van der Waals surface area contributed by atoms with Gasteiger partial charge in [-0.15, -0.1) is 0 Å². The van der Waals surface area contributed by atoms with E-state index in [4.69, 9.17) is 10.6 Å². The molecule has 1 saturated heterocycles. The zero-order valence-corrected chi connectivity index (χ0v) is 11.5. The minimum atomic E-state index is 0.196. The SMILES string of the molecule is CC(Nc1nc(NN)nc2ccccc12)C1CCCO1. The first-order valence-corrected chi connectivity index (χ1v) is 6.89. The van der Waals surface area contributed by atoms with Crippen LogP contribution in [0.4, 0.5) is 11.8 Å². The van der Waals surface area contributed by atoms with E-state index in [1.165, 1.54) is 0 Å². The molecule has 0 spiro atoms. The number of hydrazine groups is 1. The van der Waals surface area contributed by atoms with Gasteiger partial charge in [0.05, 0.1) is 17.7 Å². The van der Waals surface area contributed by atoms with Crippen molar-refractivity contribution in [3.63, 3.8) is 0 Å². The van der Waals surface area contributed by atoms with Crippen LogP contribution in [0.5, 0.6) is 0 Å². The number of nitrogens with one attached hydrogen (secondary N) is 2. The first-order valence-electron chi connectivity index (χ1n) is 6.89. The number of ether oxygens (including phenoxy) is 1. The quantitative estimate of drug-likeness (QED) is 0.582. The molecule has 0 amide bonds. The van der Waals surface area contributed by atoms with E-state index in [2.05, 4.69) is 27.6 Å². The van der Waals surface area contributed by atoms with Gasteiger partial charge in [-0.2, -0.15) is 4.98 Å². The molecule has 4 N–H and O–H groups in total. The number of nitrogens with zero attached hydrogens (tertiary/aromatic N) is 2. The van der Waals surface area contributed by atoms with E-state index in [-0.39, 0.29) is 12.1 Å². The average Bonchev–Trinajstić information content (AvgIpc) is 3.01. The number of rotatable bonds is 4. The molecule has 1 aliphatic heterocycles. The summed E-state index contributed by atoms with van der Waals surface area (Å²) in [5, 5.41) is 4.41. The zero-order valence-electron chi connectivity index (χ0n) is 11.5. The van der Waals surface area contributed by atoms with Crippen LogP contribution in [-0.4, -0.2) is 28.7 Å². The molecule has 3 rings (SSSR count). The van der Waals surface area contributed by atoms with Crippen molar-refractivity contribution in [2.45, 2.75) is 31.9 Å². The molecule has 6 heteroatoms. The maximum atomic E-state index is 5.71. The van der Waals surface area contributed by atoms with E-state index in [1.807, 2.05) is 24.3 Å². The van der Waals surface area contributed by atoms with Crippen LogP contribution in [-0.2, 0) is 4.74 Å². The molecule has 2 atom stereocenters. The molecule has 2 aromatic rings. The second-order valence-corrected chi connectivity index (χ2v) is 5.04. The van der Waals surface area contributed by atoms with Crippen molar-refractivity contribution in [2.24, 2.45) is 5.84 Å². The number of nitrogens with two attached hydrogens (primary N) is 1. The number of hydrogen-bond acceptors (Lipinski definition) is 6. The Bertz CT molecular complexity index is 597. The molecule has 1 aliphatic rings. The highest BCUT2D eigenvalue weighted by molar-refractivity contribution is 5.90. The molecule has 0 saturated carbocycles. The topological polar surface area (TPSA) is 85.1 Å². The molecular weight excluding hydrogens is 254 g/mol. The molecule has 6 nitrogen and oxygen atoms in total. The second kappa shape index (κ2) is 5.60. The van der Waals surface area contributed by atoms with Crippen molar-refractivity contribution in [3.8, 4) is 0 Å². The van der Waals surface area contributed by atoms with Crippen molar-refractivity contribution < 1.29 is 4.74 Å². The number of nitrogen functional groups attached to an aromatic ring is 1. The molecule has 106 valence electrons. The highest BCUT2D eigenvalue weighted by Gasteiger charge is 2.23. The fraction of sp³-hybridized carbons (Fsp3) is 0.429. The molecule has 0 bridgehead atoms. The summed E-state index contributed by atoms with van der Waals surface area (Å²) in [5.41, 5.74) is 3.37. The summed E-state index contributed by atoms with van der Waals surface area (Å²) in [7, 11) is 0. The first-order chi connectivity index (χ1) is 9.78.